The van der Waals surface area contributed by atoms with Crippen LogP contribution in [0.2, 0.25) is 0 Å². The maximum Gasteiger partial charge on any atom is 0.325 e. The molecular formula is C18H24N4O4. The summed E-state index contributed by atoms with van der Waals surface area (Å²) in [4.78, 5) is 35.5. The molecule has 2 aliphatic rings. The number of hydrazine groups is 2. The zero-order valence-corrected chi connectivity index (χ0v) is 14.7. The maximum atomic E-state index is 12.6. The fourth-order valence-electron chi connectivity index (χ4n) is 3.49. The topological polar surface area (TPSA) is 111 Å². The normalized spacial score (nSPS) is 23.6. The first-order valence-electron chi connectivity index (χ1n) is 8.91. The molecule has 8 nitrogen and oxygen atoms in total. The van der Waals surface area contributed by atoms with Crippen LogP contribution in [0.1, 0.15) is 43.0 Å². The molecule has 0 spiro atoms. The Labute approximate surface area is 151 Å². The van der Waals surface area contributed by atoms with Gasteiger partial charge in [-0.1, -0.05) is 12.1 Å². The average molecular weight is 360 g/mol. The van der Waals surface area contributed by atoms with Crippen molar-refractivity contribution in [3.8, 4) is 0 Å². The Morgan fingerprint density at radius 2 is 1.96 bits per heavy atom. The van der Waals surface area contributed by atoms with Crippen LogP contribution < -0.4 is 16.3 Å². The molecule has 1 aromatic rings. The maximum absolute atomic E-state index is 12.6. The average Bonchev–Trinajstić information content (AvgIpc) is 2.64. The number of carboxylic acids is 1. The van der Waals surface area contributed by atoms with Crippen LogP contribution in [0.15, 0.2) is 24.3 Å². The minimum Gasteiger partial charge on any atom is -0.480 e. The molecule has 1 aromatic carbocycles. The molecule has 0 bridgehead atoms. The van der Waals surface area contributed by atoms with Gasteiger partial charge in [-0.15, -0.1) is 5.53 Å². The van der Waals surface area contributed by atoms with Crippen molar-refractivity contribution in [3.63, 3.8) is 0 Å². The Bertz CT molecular complexity index is 700. The van der Waals surface area contributed by atoms with Gasteiger partial charge in [0, 0.05) is 12.5 Å². The zero-order valence-electron chi connectivity index (χ0n) is 14.7. The fourth-order valence-corrected chi connectivity index (χ4v) is 3.49. The molecule has 0 aromatic heterocycles. The number of aliphatic carboxylic acids is 1. The molecule has 26 heavy (non-hydrogen) atoms. The van der Waals surface area contributed by atoms with Gasteiger partial charge < -0.3 is 15.8 Å². The summed E-state index contributed by atoms with van der Waals surface area (Å²) in [5.41, 5.74) is 7.37. The lowest BCUT2D eigenvalue weighted by Gasteiger charge is -2.35. The van der Waals surface area contributed by atoms with Gasteiger partial charge in [0.25, 0.3) is 5.91 Å². The van der Waals surface area contributed by atoms with Crippen LogP contribution in [-0.2, 0) is 9.59 Å². The van der Waals surface area contributed by atoms with E-state index in [1.807, 2.05) is 18.2 Å². The Hall–Kier alpha value is -2.61. The molecule has 2 amide bonds. The number of anilines is 1. The SMILES string of the molecule is C[C@H](NC(=O)C1CCC(CN2NNc3ccccc3C2=O)CC1)C(=O)O. The number of benzene rings is 1. The second-order valence-corrected chi connectivity index (χ2v) is 6.98. The van der Waals surface area contributed by atoms with E-state index in [9.17, 15) is 14.4 Å². The van der Waals surface area contributed by atoms with E-state index in [0.29, 0.717) is 30.9 Å². The van der Waals surface area contributed by atoms with Crippen LogP contribution in [0.3, 0.4) is 0 Å². The summed E-state index contributed by atoms with van der Waals surface area (Å²) in [7, 11) is 0. The first-order valence-corrected chi connectivity index (χ1v) is 8.91. The van der Waals surface area contributed by atoms with Crippen molar-refractivity contribution >= 4 is 23.5 Å². The van der Waals surface area contributed by atoms with Crippen molar-refractivity contribution in [1.29, 1.82) is 0 Å². The number of nitrogens with zero attached hydrogens (tertiary/aromatic N) is 1. The van der Waals surface area contributed by atoms with Gasteiger partial charge in [-0.25, -0.2) is 0 Å². The molecule has 1 aliphatic carbocycles. The lowest BCUT2D eigenvalue weighted by atomic mass is 9.81. The zero-order chi connectivity index (χ0) is 18.7. The highest BCUT2D eigenvalue weighted by molar-refractivity contribution is 6.00. The molecule has 0 unspecified atom stereocenters. The summed E-state index contributed by atoms with van der Waals surface area (Å²) in [6.45, 7) is 2.03. The van der Waals surface area contributed by atoms with Crippen molar-refractivity contribution in [2.24, 2.45) is 11.8 Å². The summed E-state index contributed by atoms with van der Waals surface area (Å²) in [5, 5.41) is 13.0. The van der Waals surface area contributed by atoms with E-state index in [4.69, 9.17) is 5.11 Å². The third-order valence-electron chi connectivity index (χ3n) is 5.12. The van der Waals surface area contributed by atoms with E-state index in [1.54, 1.807) is 11.1 Å². The van der Waals surface area contributed by atoms with Crippen LogP contribution in [0.5, 0.6) is 0 Å². The molecule has 0 saturated heterocycles. The first-order chi connectivity index (χ1) is 12.5. The lowest BCUT2D eigenvalue weighted by Crippen LogP contribution is -2.52. The summed E-state index contributed by atoms with van der Waals surface area (Å²) < 4.78 is 0. The van der Waals surface area contributed by atoms with Gasteiger partial charge in [-0.2, -0.15) is 0 Å². The van der Waals surface area contributed by atoms with E-state index in [2.05, 4.69) is 16.3 Å². The number of rotatable bonds is 5. The van der Waals surface area contributed by atoms with E-state index in [0.717, 1.165) is 18.5 Å². The minimum atomic E-state index is -1.03. The van der Waals surface area contributed by atoms with Crippen molar-refractivity contribution in [2.75, 3.05) is 12.0 Å². The van der Waals surface area contributed by atoms with Gasteiger partial charge in [0.05, 0.1) is 11.3 Å². The molecule has 140 valence electrons. The van der Waals surface area contributed by atoms with Crippen LogP contribution in [-0.4, -0.2) is 40.5 Å². The van der Waals surface area contributed by atoms with Crippen molar-refractivity contribution in [3.05, 3.63) is 29.8 Å². The molecule has 0 radical (unpaired) electrons. The number of hydrogen-bond acceptors (Lipinski definition) is 5. The molecule has 8 heteroatoms. The van der Waals surface area contributed by atoms with Gasteiger partial charge in [-0.05, 0) is 50.7 Å². The molecule has 3 rings (SSSR count). The van der Waals surface area contributed by atoms with Gasteiger partial charge >= 0.3 is 5.97 Å². The smallest absolute Gasteiger partial charge is 0.325 e. The lowest BCUT2D eigenvalue weighted by molar-refractivity contribution is -0.142. The fraction of sp³-hybridized carbons (Fsp3) is 0.500. The van der Waals surface area contributed by atoms with Gasteiger partial charge in [0.15, 0.2) is 0 Å². The molecule has 1 fully saturated rings. The van der Waals surface area contributed by atoms with Gasteiger partial charge in [0.1, 0.15) is 6.04 Å². The Balaban J connectivity index is 1.50. The van der Waals surface area contributed by atoms with Crippen molar-refractivity contribution in [2.45, 2.75) is 38.6 Å². The summed E-state index contributed by atoms with van der Waals surface area (Å²) in [6, 6.07) is 6.47. The highest BCUT2D eigenvalue weighted by Gasteiger charge is 2.31. The minimum absolute atomic E-state index is 0.0606. The Morgan fingerprint density at radius 1 is 1.27 bits per heavy atom. The van der Waals surface area contributed by atoms with Crippen LogP contribution >= 0.6 is 0 Å². The van der Waals surface area contributed by atoms with Crippen LogP contribution in [0.25, 0.3) is 0 Å². The van der Waals surface area contributed by atoms with Crippen molar-refractivity contribution < 1.29 is 19.5 Å². The summed E-state index contributed by atoms with van der Waals surface area (Å²) >= 11 is 0. The molecular weight excluding hydrogens is 336 g/mol. The standard InChI is InChI=1S/C18H24N4O4/c1-11(18(25)26)19-16(23)13-8-6-12(7-9-13)10-22-17(24)14-4-2-3-5-15(14)20-21-22/h2-5,11-13,20-21H,6-10H2,1H3,(H,19,23)(H,25,26)/t11-,12?,13?/m0/s1. The molecule has 1 aliphatic heterocycles. The van der Waals surface area contributed by atoms with Crippen molar-refractivity contribution in [1.82, 2.24) is 15.9 Å². The Kier molecular flexibility index (Phi) is 5.41. The monoisotopic (exact) mass is 360 g/mol. The number of hydrogen-bond donors (Lipinski definition) is 4. The predicted octanol–water partition coefficient (Wildman–Crippen LogP) is 1.37. The largest absolute Gasteiger partial charge is 0.480 e. The third-order valence-corrected chi connectivity index (χ3v) is 5.12. The molecule has 1 heterocycles. The molecule has 4 N–H and O–H groups in total. The number of carbonyl (C=O) groups excluding carboxylic acids is 2. The first kappa shape index (κ1) is 18.2. The van der Waals surface area contributed by atoms with E-state index in [1.165, 1.54) is 6.92 Å². The number of para-hydroxylation sites is 1. The highest BCUT2D eigenvalue weighted by Crippen LogP contribution is 2.30. The van der Waals surface area contributed by atoms with E-state index < -0.39 is 12.0 Å². The number of nitrogens with one attached hydrogen (secondary N) is 3. The van der Waals surface area contributed by atoms with Crippen LogP contribution in [0.4, 0.5) is 5.69 Å². The molecule has 1 saturated carbocycles. The predicted molar refractivity (Wildman–Crippen MR) is 94.9 cm³/mol. The highest BCUT2D eigenvalue weighted by atomic mass is 16.4. The molecule has 1 atom stereocenters. The van der Waals surface area contributed by atoms with Crippen LogP contribution in [0, 0.1) is 11.8 Å². The van der Waals surface area contributed by atoms with Gasteiger partial charge in [-0.3, -0.25) is 19.4 Å². The summed E-state index contributed by atoms with van der Waals surface area (Å²) in [6.07, 6.45) is 3.06. The second kappa shape index (κ2) is 7.74. The second-order valence-electron chi connectivity index (χ2n) is 6.98. The van der Waals surface area contributed by atoms with E-state index in [-0.39, 0.29) is 17.7 Å². The van der Waals surface area contributed by atoms with E-state index >= 15 is 0 Å². The number of carboxylic acid groups (broad SMARTS) is 1. The summed E-state index contributed by atoms with van der Waals surface area (Å²) in [5.74, 6) is -1.14. The third kappa shape index (κ3) is 3.96. The van der Waals surface area contributed by atoms with Gasteiger partial charge in [0.2, 0.25) is 5.91 Å². The quantitative estimate of drug-likeness (QED) is 0.631. The number of carbonyl (C=O) groups is 3. The number of fused-ring (bicyclic) bond motifs is 1. The Morgan fingerprint density at radius 3 is 2.65 bits per heavy atom. The number of amides is 2.